The molecule has 2 N–H and O–H groups in total. The lowest BCUT2D eigenvalue weighted by molar-refractivity contribution is 0.913. The number of hydrogen-bond donors (Lipinski definition) is 2. The number of hydrogen-bond acceptors (Lipinski definition) is 5. The Balaban J connectivity index is 2.14. The quantitative estimate of drug-likeness (QED) is 0.880. The lowest BCUT2D eigenvalue weighted by atomic mass is 10.3. The molecule has 7 heteroatoms. The zero-order valence-corrected chi connectivity index (χ0v) is 11.8. The summed E-state index contributed by atoms with van der Waals surface area (Å²) < 4.78 is 0. The van der Waals surface area contributed by atoms with Crippen molar-refractivity contribution in [3.8, 4) is 0 Å². The lowest BCUT2D eigenvalue weighted by Crippen LogP contribution is -2.06. The number of anilines is 3. The average molecular weight is 298 g/mol. The summed E-state index contributed by atoms with van der Waals surface area (Å²) in [5.74, 6) is 1.05. The molecule has 2 rings (SSSR count). The maximum atomic E-state index is 6.08. The van der Waals surface area contributed by atoms with Gasteiger partial charge in [-0.05, 0) is 24.6 Å². The minimum absolute atomic E-state index is 0.483. The number of rotatable bonds is 5. The predicted octanol–water partition coefficient (Wildman–Crippen LogP) is 3.74. The van der Waals surface area contributed by atoms with Crippen LogP contribution in [0.15, 0.2) is 24.4 Å². The summed E-state index contributed by atoms with van der Waals surface area (Å²) >= 11 is 11.9. The number of halogens is 2. The summed E-state index contributed by atoms with van der Waals surface area (Å²) in [5.41, 5.74) is 0.716. The minimum Gasteiger partial charge on any atom is -0.353 e. The smallest absolute Gasteiger partial charge is 0.244 e. The molecule has 19 heavy (non-hydrogen) atoms. The summed E-state index contributed by atoms with van der Waals surface area (Å²) in [6.07, 6.45) is 2.52. The second-order valence-electron chi connectivity index (χ2n) is 3.84. The third kappa shape index (κ3) is 3.94. The van der Waals surface area contributed by atoms with E-state index in [0.717, 1.165) is 13.0 Å². The highest BCUT2D eigenvalue weighted by Crippen LogP contribution is 2.27. The van der Waals surface area contributed by atoms with E-state index in [1.165, 1.54) is 6.20 Å². The summed E-state index contributed by atoms with van der Waals surface area (Å²) in [6.45, 7) is 2.86. The standard InChI is InChI=1S/C12H13Cl2N5/c1-2-5-15-12-18-11(7-16-19-12)17-10-4-3-8(13)6-9(10)14/h3-4,6-7H,2,5H2,1H3,(H2,15,17,18,19). The Morgan fingerprint density at radius 2 is 2.11 bits per heavy atom. The number of aromatic nitrogens is 3. The molecule has 0 bridgehead atoms. The van der Waals surface area contributed by atoms with Crippen molar-refractivity contribution in [1.29, 1.82) is 0 Å². The van der Waals surface area contributed by atoms with Gasteiger partial charge in [0, 0.05) is 11.6 Å². The van der Waals surface area contributed by atoms with Gasteiger partial charge in [-0.3, -0.25) is 0 Å². The Labute approximate surface area is 121 Å². The van der Waals surface area contributed by atoms with E-state index in [1.54, 1.807) is 18.2 Å². The predicted molar refractivity (Wildman–Crippen MR) is 78.4 cm³/mol. The average Bonchev–Trinajstić information content (AvgIpc) is 2.40. The zero-order valence-electron chi connectivity index (χ0n) is 10.3. The van der Waals surface area contributed by atoms with Gasteiger partial charge >= 0.3 is 0 Å². The second-order valence-corrected chi connectivity index (χ2v) is 4.68. The Kier molecular flexibility index (Phi) is 4.76. The Hall–Kier alpha value is -1.59. The molecule has 5 nitrogen and oxygen atoms in total. The normalized spacial score (nSPS) is 10.3. The van der Waals surface area contributed by atoms with E-state index in [2.05, 4.69) is 32.7 Å². The molecule has 0 amide bonds. The van der Waals surface area contributed by atoms with Crippen LogP contribution in [-0.4, -0.2) is 21.7 Å². The molecule has 0 aliphatic heterocycles. The van der Waals surface area contributed by atoms with Crippen molar-refractivity contribution in [2.45, 2.75) is 13.3 Å². The van der Waals surface area contributed by atoms with Gasteiger partial charge in [0.15, 0.2) is 5.82 Å². The van der Waals surface area contributed by atoms with Crippen molar-refractivity contribution in [3.63, 3.8) is 0 Å². The van der Waals surface area contributed by atoms with E-state index in [1.807, 2.05) is 0 Å². The first-order valence-corrected chi connectivity index (χ1v) is 6.60. The van der Waals surface area contributed by atoms with Gasteiger partial charge in [0.2, 0.25) is 5.95 Å². The van der Waals surface area contributed by atoms with E-state index in [0.29, 0.717) is 27.5 Å². The molecule has 0 fully saturated rings. The largest absolute Gasteiger partial charge is 0.353 e. The van der Waals surface area contributed by atoms with E-state index in [4.69, 9.17) is 23.2 Å². The van der Waals surface area contributed by atoms with Crippen molar-refractivity contribution in [1.82, 2.24) is 15.2 Å². The van der Waals surface area contributed by atoms with Crippen LogP contribution < -0.4 is 10.6 Å². The third-order valence-corrected chi connectivity index (χ3v) is 2.83. The zero-order chi connectivity index (χ0) is 13.7. The molecule has 100 valence electrons. The molecule has 0 saturated heterocycles. The Morgan fingerprint density at radius 1 is 1.26 bits per heavy atom. The third-order valence-electron chi connectivity index (χ3n) is 2.29. The van der Waals surface area contributed by atoms with Crippen molar-refractivity contribution >= 4 is 40.7 Å². The van der Waals surface area contributed by atoms with Crippen LogP contribution in [0.3, 0.4) is 0 Å². The molecule has 0 aliphatic rings. The van der Waals surface area contributed by atoms with Crippen LogP contribution in [0, 0.1) is 0 Å². The molecule has 0 spiro atoms. The van der Waals surface area contributed by atoms with Gasteiger partial charge in [-0.25, -0.2) is 0 Å². The van der Waals surface area contributed by atoms with E-state index in [9.17, 15) is 0 Å². The number of nitrogens with zero attached hydrogens (tertiary/aromatic N) is 3. The first kappa shape index (κ1) is 13.8. The van der Waals surface area contributed by atoms with E-state index < -0.39 is 0 Å². The summed E-state index contributed by atoms with van der Waals surface area (Å²) in [6, 6.07) is 5.20. The van der Waals surface area contributed by atoms with Gasteiger partial charge < -0.3 is 10.6 Å². The molecule has 2 aromatic rings. The van der Waals surface area contributed by atoms with Crippen molar-refractivity contribution < 1.29 is 0 Å². The van der Waals surface area contributed by atoms with Gasteiger partial charge in [0.1, 0.15) is 0 Å². The van der Waals surface area contributed by atoms with Crippen LogP contribution in [-0.2, 0) is 0 Å². The van der Waals surface area contributed by atoms with Gasteiger partial charge in [-0.15, -0.1) is 5.10 Å². The molecule has 0 unspecified atom stereocenters. The Morgan fingerprint density at radius 3 is 2.84 bits per heavy atom. The van der Waals surface area contributed by atoms with E-state index >= 15 is 0 Å². The minimum atomic E-state index is 0.483. The molecule has 0 saturated carbocycles. The molecule has 1 aromatic heterocycles. The number of nitrogens with one attached hydrogen (secondary N) is 2. The molecule has 1 aromatic carbocycles. The Bertz CT molecular complexity index is 562. The van der Waals surface area contributed by atoms with Crippen LogP contribution >= 0.6 is 23.2 Å². The van der Waals surface area contributed by atoms with Gasteiger partial charge in [-0.1, -0.05) is 30.1 Å². The molecule has 0 atom stereocenters. The summed E-state index contributed by atoms with van der Waals surface area (Å²) in [5, 5.41) is 15.0. The van der Waals surface area contributed by atoms with Crippen LogP contribution in [0.4, 0.5) is 17.5 Å². The first-order valence-electron chi connectivity index (χ1n) is 5.84. The molecule has 0 radical (unpaired) electrons. The fourth-order valence-corrected chi connectivity index (χ4v) is 1.86. The highest BCUT2D eigenvalue weighted by atomic mass is 35.5. The maximum absolute atomic E-state index is 6.08. The summed E-state index contributed by atoms with van der Waals surface area (Å²) in [4.78, 5) is 4.28. The van der Waals surface area contributed by atoms with Gasteiger partial charge in [-0.2, -0.15) is 10.1 Å². The second kappa shape index (κ2) is 6.54. The molecular formula is C12H13Cl2N5. The monoisotopic (exact) mass is 297 g/mol. The SMILES string of the molecule is CCCNc1nncc(Nc2ccc(Cl)cc2Cl)n1. The van der Waals surface area contributed by atoms with Gasteiger partial charge in [0.25, 0.3) is 0 Å². The highest BCUT2D eigenvalue weighted by molar-refractivity contribution is 6.36. The van der Waals surface area contributed by atoms with Crippen molar-refractivity contribution in [2.24, 2.45) is 0 Å². The molecule has 1 heterocycles. The van der Waals surface area contributed by atoms with Gasteiger partial charge in [0.05, 0.1) is 16.9 Å². The van der Waals surface area contributed by atoms with Crippen LogP contribution in [0.2, 0.25) is 10.0 Å². The molecule has 0 aliphatic carbocycles. The van der Waals surface area contributed by atoms with E-state index in [-0.39, 0.29) is 0 Å². The van der Waals surface area contributed by atoms with Crippen LogP contribution in [0.5, 0.6) is 0 Å². The lowest BCUT2D eigenvalue weighted by Gasteiger charge is -2.08. The topological polar surface area (TPSA) is 62.7 Å². The van der Waals surface area contributed by atoms with Crippen molar-refractivity contribution in [3.05, 3.63) is 34.4 Å². The van der Waals surface area contributed by atoms with Crippen LogP contribution in [0.1, 0.15) is 13.3 Å². The van der Waals surface area contributed by atoms with Crippen molar-refractivity contribution in [2.75, 3.05) is 17.2 Å². The molecular weight excluding hydrogens is 285 g/mol. The number of benzene rings is 1. The highest BCUT2D eigenvalue weighted by Gasteiger charge is 2.04. The van der Waals surface area contributed by atoms with Crippen LogP contribution in [0.25, 0.3) is 0 Å². The summed E-state index contributed by atoms with van der Waals surface area (Å²) in [7, 11) is 0. The fourth-order valence-electron chi connectivity index (χ4n) is 1.40. The first-order chi connectivity index (χ1) is 9.19. The maximum Gasteiger partial charge on any atom is 0.244 e. The fraction of sp³-hybridized carbons (Fsp3) is 0.250.